The Kier molecular flexibility index (Phi) is 6.64. The quantitative estimate of drug-likeness (QED) is 0.414. The Morgan fingerprint density at radius 3 is 2.19 bits per heavy atom. The average molecular weight is 517 g/mol. The summed E-state index contributed by atoms with van der Waals surface area (Å²) in [6, 6.07) is 16.5. The lowest BCUT2D eigenvalue weighted by molar-refractivity contribution is 0.00578. The summed E-state index contributed by atoms with van der Waals surface area (Å²) in [6.07, 6.45) is 1.44. The Balaban J connectivity index is 1.30. The van der Waals surface area contributed by atoms with E-state index < -0.39 is 24.4 Å². The third kappa shape index (κ3) is 4.91. The molecule has 1 aliphatic heterocycles. The van der Waals surface area contributed by atoms with Gasteiger partial charge in [-0.1, -0.05) is 59.9 Å². The van der Waals surface area contributed by atoms with Crippen LogP contribution in [0.25, 0.3) is 17.2 Å². The number of hydrogen-bond donors (Lipinski definition) is 2. The molecule has 0 spiro atoms. The summed E-state index contributed by atoms with van der Waals surface area (Å²) in [6.45, 7) is 10.3. The normalized spacial score (nSPS) is 18.0. The number of alkyl carbamates (subject to hydrolysis) is 1. The minimum Gasteiger partial charge on any atom is -0.449 e. The molecule has 2 heterocycles. The Bertz CT molecular complexity index is 1310. The molecule has 192 valence electrons. The Morgan fingerprint density at radius 1 is 1.08 bits per heavy atom. The van der Waals surface area contributed by atoms with E-state index in [2.05, 4.69) is 34.6 Å². The van der Waals surface area contributed by atoms with Gasteiger partial charge in [-0.2, -0.15) is 0 Å². The molecule has 3 aromatic rings. The predicted molar refractivity (Wildman–Crippen MR) is 148 cm³/mol. The van der Waals surface area contributed by atoms with Gasteiger partial charge in [0.25, 0.3) is 0 Å². The summed E-state index contributed by atoms with van der Waals surface area (Å²) in [5.74, 6) is -0.000854. The fraction of sp³-hybridized carbons (Fsp3) is 0.357. The first-order chi connectivity index (χ1) is 17.6. The van der Waals surface area contributed by atoms with Crippen LogP contribution in [-0.2, 0) is 14.0 Å². The van der Waals surface area contributed by atoms with Crippen molar-refractivity contribution in [3.05, 3.63) is 75.7 Å². The molecule has 1 saturated heterocycles. The molecule has 9 heteroatoms. The molecule has 37 heavy (non-hydrogen) atoms. The fourth-order valence-corrected chi connectivity index (χ4v) is 5.56. The van der Waals surface area contributed by atoms with Crippen molar-refractivity contribution in [2.45, 2.75) is 51.7 Å². The first-order valence-corrected chi connectivity index (χ1v) is 13.3. The van der Waals surface area contributed by atoms with Gasteiger partial charge in [0.05, 0.1) is 21.8 Å². The number of aryl methyl sites for hydroxylation is 1. The smallest absolute Gasteiger partial charge is 0.449 e. The van der Waals surface area contributed by atoms with E-state index in [4.69, 9.17) is 19.8 Å². The van der Waals surface area contributed by atoms with Crippen LogP contribution in [0.5, 0.6) is 0 Å². The lowest BCUT2D eigenvalue weighted by Crippen LogP contribution is -2.41. The van der Waals surface area contributed by atoms with Crippen molar-refractivity contribution in [1.82, 2.24) is 10.3 Å². The Morgan fingerprint density at radius 2 is 1.65 bits per heavy atom. The molecule has 0 atom stereocenters. The van der Waals surface area contributed by atoms with Gasteiger partial charge in [0.2, 0.25) is 0 Å². The minimum atomic E-state index is -0.624. The van der Waals surface area contributed by atoms with Crippen LogP contribution in [0.3, 0.4) is 0 Å². The summed E-state index contributed by atoms with van der Waals surface area (Å²) >= 11 is 1.38. The molecule has 7 nitrogen and oxygen atoms in total. The molecule has 2 aliphatic rings. The Labute approximate surface area is 222 Å². The second kappa shape index (κ2) is 9.63. The third-order valence-corrected chi connectivity index (χ3v) is 8.44. The van der Waals surface area contributed by atoms with Crippen molar-refractivity contribution in [2.24, 2.45) is 0 Å². The zero-order valence-electron chi connectivity index (χ0n) is 21.8. The predicted octanol–water partition coefficient (Wildman–Crippen LogP) is 5.59. The van der Waals surface area contributed by atoms with E-state index in [0.29, 0.717) is 5.13 Å². The number of aromatic nitrogens is 1. The number of nitrogens with one attached hydrogen (secondary N) is 1. The number of fused-ring (bicyclic) bond motifs is 3. The lowest BCUT2D eigenvalue weighted by atomic mass is 9.77. The molecule has 0 bridgehead atoms. The van der Waals surface area contributed by atoms with Gasteiger partial charge in [-0.05, 0) is 68.4 Å². The lowest BCUT2D eigenvalue weighted by Gasteiger charge is -2.32. The van der Waals surface area contributed by atoms with E-state index in [1.54, 1.807) is 0 Å². The summed E-state index contributed by atoms with van der Waals surface area (Å²) in [4.78, 5) is 18.1. The van der Waals surface area contributed by atoms with Gasteiger partial charge in [-0.25, -0.2) is 9.78 Å². The minimum absolute atomic E-state index is 0.000854. The van der Waals surface area contributed by atoms with Gasteiger partial charge in [0, 0.05) is 12.5 Å². The van der Waals surface area contributed by atoms with E-state index >= 15 is 0 Å². The summed E-state index contributed by atoms with van der Waals surface area (Å²) in [7, 11) is -0.624. The molecule has 1 amide bonds. The van der Waals surface area contributed by atoms with Crippen molar-refractivity contribution in [3.63, 3.8) is 0 Å². The SMILES string of the molecule is Cc1nc(N)sc1C=C(CNC(=O)OCC1c2ccccc2-c2ccccc21)B1OC(C)(C)C(C)(C)O1. The number of hydrogen-bond acceptors (Lipinski definition) is 7. The molecule has 5 rings (SSSR count). The number of nitrogens with zero attached hydrogens (tertiary/aromatic N) is 1. The van der Waals surface area contributed by atoms with E-state index in [1.807, 2.05) is 65.0 Å². The monoisotopic (exact) mass is 517 g/mol. The highest BCUT2D eigenvalue weighted by Gasteiger charge is 2.52. The first-order valence-electron chi connectivity index (χ1n) is 12.4. The second-order valence-corrected chi connectivity index (χ2v) is 11.6. The zero-order chi connectivity index (χ0) is 26.4. The topological polar surface area (TPSA) is 95.7 Å². The van der Waals surface area contributed by atoms with Gasteiger partial charge in [0.1, 0.15) is 6.61 Å². The number of nitrogen functional groups attached to an aromatic ring is 1. The molecule has 0 saturated carbocycles. The van der Waals surface area contributed by atoms with Crippen molar-refractivity contribution in [2.75, 3.05) is 18.9 Å². The summed E-state index contributed by atoms with van der Waals surface area (Å²) in [5.41, 5.74) is 11.2. The summed E-state index contributed by atoms with van der Waals surface area (Å²) in [5, 5.41) is 3.38. The number of carbonyl (C=O) groups is 1. The molecule has 0 unspecified atom stereocenters. The van der Waals surface area contributed by atoms with E-state index in [1.165, 1.54) is 33.6 Å². The maximum Gasteiger partial charge on any atom is 0.492 e. The highest BCUT2D eigenvalue weighted by molar-refractivity contribution is 7.16. The maximum atomic E-state index is 12.8. The average Bonchev–Trinajstić information content (AvgIpc) is 3.42. The number of amides is 1. The van der Waals surface area contributed by atoms with Crippen LogP contribution in [0, 0.1) is 6.92 Å². The largest absolute Gasteiger partial charge is 0.492 e. The van der Waals surface area contributed by atoms with Crippen molar-refractivity contribution < 1.29 is 18.8 Å². The molecular weight excluding hydrogens is 485 g/mol. The molecule has 3 N–H and O–H groups in total. The maximum absolute atomic E-state index is 12.8. The molecule has 1 aliphatic carbocycles. The van der Waals surface area contributed by atoms with Crippen LogP contribution in [0.15, 0.2) is 54.0 Å². The van der Waals surface area contributed by atoms with Gasteiger partial charge in [-0.15, -0.1) is 0 Å². The van der Waals surface area contributed by atoms with Crippen molar-refractivity contribution >= 4 is 35.8 Å². The van der Waals surface area contributed by atoms with Gasteiger partial charge >= 0.3 is 13.2 Å². The number of nitrogens with two attached hydrogens (primary N) is 1. The second-order valence-electron chi connectivity index (χ2n) is 10.5. The van der Waals surface area contributed by atoms with Crippen LogP contribution < -0.4 is 11.1 Å². The number of benzene rings is 2. The number of thiazole rings is 1. The van der Waals surface area contributed by atoms with Gasteiger partial charge < -0.3 is 25.1 Å². The fourth-order valence-electron chi connectivity index (χ4n) is 4.75. The standard InChI is InChI=1S/C28H32BN3O4S/c1-17-24(37-25(30)32-17)14-18(29-35-27(2,3)28(4,5)36-29)15-31-26(33)34-16-23-21-12-8-6-10-19(21)20-11-7-9-13-22(20)23/h6-14,23H,15-16H2,1-5H3,(H2,30,32)(H,31,33). The van der Waals surface area contributed by atoms with E-state index in [0.717, 1.165) is 16.0 Å². The third-order valence-electron chi connectivity index (χ3n) is 7.50. The van der Waals surface area contributed by atoms with Crippen LogP contribution in [0.4, 0.5) is 9.93 Å². The van der Waals surface area contributed by atoms with Crippen LogP contribution in [-0.4, -0.2) is 42.5 Å². The van der Waals surface area contributed by atoms with Gasteiger partial charge in [-0.3, -0.25) is 0 Å². The highest BCUT2D eigenvalue weighted by Crippen LogP contribution is 2.44. The van der Waals surface area contributed by atoms with Crippen molar-refractivity contribution in [1.29, 1.82) is 0 Å². The van der Waals surface area contributed by atoms with Crippen molar-refractivity contribution in [3.8, 4) is 11.1 Å². The van der Waals surface area contributed by atoms with Gasteiger partial charge in [0.15, 0.2) is 5.13 Å². The number of rotatable bonds is 6. The number of carbonyl (C=O) groups excluding carboxylic acids is 1. The number of anilines is 1. The van der Waals surface area contributed by atoms with E-state index in [9.17, 15) is 4.79 Å². The number of ether oxygens (including phenoxy) is 1. The van der Waals surface area contributed by atoms with Crippen LogP contribution >= 0.6 is 11.3 Å². The zero-order valence-corrected chi connectivity index (χ0v) is 22.6. The molecule has 0 radical (unpaired) electrons. The molecular formula is C28H32BN3O4S. The molecule has 2 aromatic carbocycles. The summed E-state index contributed by atoms with van der Waals surface area (Å²) < 4.78 is 18.3. The van der Waals surface area contributed by atoms with E-state index in [-0.39, 0.29) is 19.1 Å². The first kappa shape index (κ1) is 25.5. The highest BCUT2D eigenvalue weighted by atomic mass is 32.1. The molecule has 1 aromatic heterocycles. The van der Waals surface area contributed by atoms with Crippen LogP contribution in [0.2, 0.25) is 0 Å². The van der Waals surface area contributed by atoms with Crippen LogP contribution in [0.1, 0.15) is 55.3 Å². The Hall–Kier alpha value is -3.14. The molecule has 1 fully saturated rings.